The second kappa shape index (κ2) is 7.74. The molecule has 0 spiro atoms. The van der Waals surface area contributed by atoms with Crippen LogP contribution in [0.5, 0.6) is 0 Å². The Labute approximate surface area is 115 Å². The first-order valence-corrected chi connectivity index (χ1v) is 6.65. The van der Waals surface area contributed by atoms with Crippen molar-refractivity contribution in [2.24, 2.45) is 5.92 Å². The molecule has 106 valence electrons. The molecule has 1 rings (SSSR count). The smallest absolute Gasteiger partial charge is 0.223 e. The highest BCUT2D eigenvalue weighted by Crippen LogP contribution is 2.10. The van der Waals surface area contributed by atoms with Gasteiger partial charge in [-0.15, -0.1) is 0 Å². The van der Waals surface area contributed by atoms with Crippen molar-refractivity contribution < 1.29 is 4.79 Å². The van der Waals surface area contributed by atoms with Gasteiger partial charge in [-0.05, 0) is 26.1 Å². The van der Waals surface area contributed by atoms with Crippen LogP contribution in [-0.2, 0) is 11.3 Å². The number of pyridine rings is 1. The minimum absolute atomic E-state index is 0.0213. The van der Waals surface area contributed by atoms with Gasteiger partial charge in [0, 0.05) is 44.5 Å². The Morgan fingerprint density at radius 3 is 2.89 bits per heavy atom. The van der Waals surface area contributed by atoms with Gasteiger partial charge in [-0.1, -0.05) is 6.92 Å². The summed E-state index contributed by atoms with van der Waals surface area (Å²) in [5, 5.41) is 5.94. The quantitative estimate of drug-likeness (QED) is 0.780. The summed E-state index contributed by atoms with van der Waals surface area (Å²) in [5.74, 6) is 0.0492. The Hall–Kier alpha value is -1.62. The molecule has 1 amide bonds. The number of rotatable bonds is 7. The third-order valence-electron chi connectivity index (χ3n) is 2.91. The van der Waals surface area contributed by atoms with E-state index in [0.717, 1.165) is 24.5 Å². The predicted octanol–water partition coefficient (Wildman–Crippen LogP) is 1.33. The molecule has 0 aliphatic rings. The van der Waals surface area contributed by atoms with E-state index in [2.05, 4.69) is 27.4 Å². The molecule has 0 aliphatic heterocycles. The molecule has 1 unspecified atom stereocenters. The molecule has 0 fully saturated rings. The molecule has 0 saturated carbocycles. The lowest BCUT2D eigenvalue weighted by Gasteiger charge is -2.20. The fourth-order valence-electron chi connectivity index (χ4n) is 2.02. The fraction of sp³-hybridized carbons (Fsp3) is 0.571. The molecule has 5 heteroatoms. The minimum Gasteiger partial charge on any atom is -0.385 e. The van der Waals surface area contributed by atoms with Gasteiger partial charge < -0.3 is 10.6 Å². The zero-order valence-corrected chi connectivity index (χ0v) is 12.2. The summed E-state index contributed by atoms with van der Waals surface area (Å²) in [5.41, 5.74) is 2.09. The number of nitrogens with one attached hydrogen (secondary N) is 2. The van der Waals surface area contributed by atoms with E-state index < -0.39 is 0 Å². The number of carbonyl (C=O) groups excluding carboxylic acids is 1. The molecule has 0 aliphatic carbocycles. The number of hydrogen-bond donors (Lipinski definition) is 2. The molecule has 0 radical (unpaired) electrons. The maximum Gasteiger partial charge on any atom is 0.223 e. The highest BCUT2D eigenvalue weighted by atomic mass is 16.1. The van der Waals surface area contributed by atoms with Crippen LogP contribution >= 0.6 is 0 Å². The summed E-state index contributed by atoms with van der Waals surface area (Å²) >= 11 is 0. The highest BCUT2D eigenvalue weighted by molar-refractivity contribution is 5.78. The Morgan fingerprint density at radius 2 is 2.26 bits per heavy atom. The summed E-state index contributed by atoms with van der Waals surface area (Å²) < 4.78 is 0. The molecule has 0 saturated heterocycles. The minimum atomic E-state index is -0.0213. The molecule has 19 heavy (non-hydrogen) atoms. The second-order valence-electron chi connectivity index (χ2n) is 4.78. The van der Waals surface area contributed by atoms with E-state index in [4.69, 9.17) is 0 Å². The Morgan fingerprint density at radius 1 is 1.53 bits per heavy atom. The number of amides is 1. The molecule has 1 atom stereocenters. The van der Waals surface area contributed by atoms with E-state index in [9.17, 15) is 4.79 Å². The van der Waals surface area contributed by atoms with E-state index >= 15 is 0 Å². The summed E-state index contributed by atoms with van der Waals surface area (Å²) in [6.45, 7) is 6.34. The lowest BCUT2D eigenvalue weighted by Crippen LogP contribution is -2.34. The van der Waals surface area contributed by atoms with Crippen LogP contribution in [0, 0.1) is 5.92 Å². The molecular formula is C14H24N4O. The van der Waals surface area contributed by atoms with Crippen molar-refractivity contribution in [3.8, 4) is 0 Å². The Bertz CT molecular complexity index is 408. The average Bonchev–Trinajstić information content (AvgIpc) is 2.38. The first kappa shape index (κ1) is 15.4. The second-order valence-corrected chi connectivity index (χ2v) is 4.78. The maximum absolute atomic E-state index is 11.5. The highest BCUT2D eigenvalue weighted by Gasteiger charge is 2.13. The Kier molecular flexibility index (Phi) is 6.29. The molecule has 5 nitrogen and oxygen atoms in total. The molecule has 0 bridgehead atoms. The number of hydrogen-bond acceptors (Lipinski definition) is 4. The van der Waals surface area contributed by atoms with E-state index in [1.807, 2.05) is 32.3 Å². The predicted molar refractivity (Wildman–Crippen MR) is 78.0 cm³/mol. The normalized spacial score (nSPS) is 12.3. The SMILES string of the molecule is CCNc1ccnc(CN(C)CC(C)C(=O)NC)c1. The topological polar surface area (TPSA) is 57.3 Å². The monoisotopic (exact) mass is 264 g/mol. The summed E-state index contributed by atoms with van der Waals surface area (Å²) in [7, 11) is 3.67. The van der Waals surface area contributed by atoms with Gasteiger partial charge in [-0.25, -0.2) is 0 Å². The van der Waals surface area contributed by atoms with Gasteiger partial charge in [0.05, 0.1) is 5.69 Å². The molecule has 1 aromatic heterocycles. The van der Waals surface area contributed by atoms with Crippen LogP contribution in [0.2, 0.25) is 0 Å². The first-order valence-electron chi connectivity index (χ1n) is 6.65. The summed E-state index contributed by atoms with van der Waals surface area (Å²) in [6.07, 6.45) is 1.81. The molecular weight excluding hydrogens is 240 g/mol. The van der Waals surface area contributed by atoms with Gasteiger partial charge in [0.15, 0.2) is 0 Å². The van der Waals surface area contributed by atoms with Crippen molar-refractivity contribution in [3.63, 3.8) is 0 Å². The standard InChI is InChI=1S/C14H24N4O/c1-5-16-12-6-7-17-13(8-12)10-18(4)9-11(2)14(19)15-3/h6-8,11H,5,9-10H2,1-4H3,(H,15,19)(H,16,17). The van der Waals surface area contributed by atoms with Gasteiger partial charge in [0.25, 0.3) is 0 Å². The largest absolute Gasteiger partial charge is 0.385 e. The number of aromatic nitrogens is 1. The molecule has 1 aromatic rings. The maximum atomic E-state index is 11.5. The van der Waals surface area contributed by atoms with Crippen LogP contribution in [0.25, 0.3) is 0 Å². The Balaban J connectivity index is 2.54. The van der Waals surface area contributed by atoms with Crippen LogP contribution in [-0.4, -0.2) is 43.0 Å². The van der Waals surface area contributed by atoms with Crippen LogP contribution < -0.4 is 10.6 Å². The van der Waals surface area contributed by atoms with E-state index in [-0.39, 0.29) is 11.8 Å². The van der Waals surface area contributed by atoms with Crippen molar-refractivity contribution in [2.75, 3.05) is 32.5 Å². The fourth-order valence-corrected chi connectivity index (χ4v) is 2.02. The average molecular weight is 264 g/mol. The van der Waals surface area contributed by atoms with Gasteiger partial charge in [-0.3, -0.25) is 14.7 Å². The van der Waals surface area contributed by atoms with Gasteiger partial charge in [0.1, 0.15) is 0 Å². The number of carbonyl (C=O) groups is 1. The zero-order chi connectivity index (χ0) is 14.3. The lowest BCUT2D eigenvalue weighted by molar-refractivity contribution is -0.124. The van der Waals surface area contributed by atoms with Crippen molar-refractivity contribution in [1.29, 1.82) is 0 Å². The van der Waals surface area contributed by atoms with Gasteiger partial charge >= 0.3 is 0 Å². The van der Waals surface area contributed by atoms with Crippen LogP contribution in [0.4, 0.5) is 5.69 Å². The number of nitrogens with zero attached hydrogens (tertiary/aromatic N) is 2. The van der Waals surface area contributed by atoms with E-state index in [0.29, 0.717) is 6.54 Å². The van der Waals surface area contributed by atoms with E-state index in [1.54, 1.807) is 7.05 Å². The summed E-state index contributed by atoms with van der Waals surface area (Å²) in [6, 6.07) is 4.00. The van der Waals surface area contributed by atoms with Crippen molar-refractivity contribution in [1.82, 2.24) is 15.2 Å². The molecule has 0 aromatic carbocycles. The zero-order valence-electron chi connectivity index (χ0n) is 12.2. The van der Waals surface area contributed by atoms with Crippen LogP contribution in [0.3, 0.4) is 0 Å². The van der Waals surface area contributed by atoms with Crippen molar-refractivity contribution >= 4 is 11.6 Å². The van der Waals surface area contributed by atoms with Gasteiger partial charge in [-0.2, -0.15) is 0 Å². The number of anilines is 1. The third-order valence-corrected chi connectivity index (χ3v) is 2.91. The lowest BCUT2D eigenvalue weighted by atomic mass is 10.1. The summed E-state index contributed by atoms with van der Waals surface area (Å²) in [4.78, 5) is 17.9. The van der Waals surface area contributed by atoms with Crippen LogP contribution in [0.15, 0.2) is 18.3 Å². The van der Waals surface area contributed by atoms with Crippen LogP contribution in [0.1, 0.15) is 19.5 Å². The molecule has 1 heterocycles. The molecule has 2 N–H and O–H groups in total. The first-order chi connectivity index (χ1) is 9.06. The van der Waals surface area contributed by atoms with Crippen molar-refractivity contribution in [2.45, 2.75) is 20.4 Å². The van der Waals surface area contributed by atoms with Gasteiger partial charge in [0.2, 0.25) is 5.91 Å². The van der Waals surface area contributed by atoms with E-state index in [1.165, 1.54) is 0 Å². The third kappa shape index (κ3) is 5.26. The van der Waals surface area contributed by atoms with Crippen molar-refractivity contribution in [3.05, 3.63) is 24.0 Å².